The SMILES string of the molecule is COc1cnc(NS(=O)(=O)c2ccc(SC)cc2)nc1. The van der Waals surface area contributed by atoms with E-state index in [-0.39, 0.29) is 10.8 Å². The zero-order valence-electron chi connectivity index (χ0n) is 10.9. The van der Waals surface area contributed by atoms with Crippen LogP contribution in [0.2, 0.25) is 0 Å². The fraction of sp³-hybridized carbons (Fsp3) is 0.167. The second kappa shape index (κ2) is 6.10. The van der Waals surface area contributed by atoms with Gasteiger partial charge in [-0.1, -0.05) is 0 Å². The van der Waals surface area contributed by atoms with Gasteiger partial charge < -0.3 is 4.74 Å². The Bertz CT molecular complexity index is 670. The first-order valence-corrected chi connectivity index (χ1v) is 8.29. The Kier molecular flexibility index (Phi) is 4.46. The summed E-state index contributed by atoms with van der Waals surface area (Å²) in [5.41, 5.74) is 0. The number of ether oxygens (including phenoxy) is 1. The van der Waals surface area contributed by atoms with Crippen LogP contribution in [0.3, 0.4) is 0 Å². The van der Waals surface area contributed by atoms with Crippen LogP contribution in [-0.4, -0.2) is 31.8 Å². The molecule has 20 heavy (non-hydrogen) atoms. The molecule has 1 heterocycles. The molecule has 0 spiro atoms. The molecule has 1 aromatic heterocycles. The minimum Gasteiger partial charge on any atom is -0.494 e. The lowest BCUT2D eigenvalue weighted by Crippen LogP contribution is -2.14. The Morgan fingerprint density at radius 1 is 1.15 bits per heavy atom. The summed E-state index contributed by atoms with van der Waals surface area (Å²) in [6.45, 7) is 0. The normalized spacial score (nSPS) is 11.1. The number of nitrogens with zero attached hydrogens (tertiary/aromatic N) is 2. The molecule has 0 aliphatic carbocycles. The molecular formula is C12H13N3O3S2. The van der Waals surface area contributed by atoms with Crippen molar-refractivity contribution in [3.05, 3.63) is 36.7 Å². The number of sulfonamides is 1. The molecule has 6 nitrogen and oxygen atoms in total. The second-order valence-corrected chi connectivity index (χ2v) is 6.29. The van der Waals surface area contributed by atoms with Crippen molar-refractivity contribution in [3.8, 4) is 5.75 Å². The van der Waals surface area contributed by atoms with Crippen LogP contribution >= 0.6 is 11.8 Å². The van der Waals surface area contributed by atoms with Crippen molar-refractivity contribution in [1.82, 2.24) is 9.97 Å². The zero-order chi connectivity index (χ0) is 14.6. The monoisotopic (exact) mass is 311 g/mol. The molecule has 1 N–H and O–H groups in total. The Morgan fingerprint density at radius 2 is 1.75 bits per heavy atom. The molecule has 0 atom stereocenters. The van der Waals surface area contributed by atoms with Gasteiger partial charge in [-0.25, -0.2) is 23.1 Å². The van der Waals surface area contributed by atoms with Crippen molar-refractivity contribution in [1.29, 1.82) is 0 Å². The molecular weight excluding hydrogens is 298 g/mol. The van der Waals surface area contributed by atoms with E-state index in [1.165, 1.54) is 31.6 Å². The summed E-state index contributed by atoms with van der Waals surface area (Å²) in [6.07, 6.45) is 4.70. The predicted molar refractivity (Wildman–Crippen MR) is 77.6 cm³/mol. The fourth-order valence-corrected chi connectivity index (χ4v) is 2.77. The van der Waals surface area contributed by atoms with Gasteiger partial charge in [-0.05, 0) is 30.5 Å². The maximum absolute atomic E-state index is 12.1. The Hall–Kier alpha value is -1.80. The van der Waals surface area contributed by atoms with Gasteiger partial charge in [0.2, 0.25) is 5.95 Å². The van der Waals surface area contributed by atoms with E-state index in [4.69, 9.17) is 4.74 Å². The number of aromatic nitrogens is 2. The quantitative estimate of drug-likeness (QED) is 0.851. The number of thioether (sulfide) groups is 1. The van der Waals surface area contributed by atoms with Crippen LogP contribution in [0.1, 0.15) is 0 Å². The molecule has 0 aliphatic heterocycles. The Morgan fingerprint density at radius 3 is 2.25 bits per heavy atom. The number of hydrogen-bond acceptors (Lipinski definition) is 6. The average Bonchev–Trinajstić information content (AvgIpc) is 2.48. The standard InChI is InChI=1S/C12H13N3O3S2/c1-18-9-7-13-12(14-8-9)15-20(16,17)11-5-3-10(19-2)4-6-11/h3-8H,1-2H3,(H,13,14,15). The van der Waals surface area contributed by atoms with E-state index in [1.54, 1.807) is 23.9 Å². The molecule has 0 radical (unpaired) electrons. The van der Waals surface area contributed by atoms with E-state index >= 15 is 0 Å². The largest absolute Gasteiger partial charge is 0.494 e. The minimum atomic E-state index is -3.68. The van der Waals surface area contributed by atoms with E-state index in [0.717, 1.165) is 4.90 Å². The predicted octanol–water partition coefficient (Wildman–Crippen LogP) is 2.01. The number of methoxy groups -OCH3 is 1. The average molecular weight is 311 g/mol. The second-order valence-electron chi connectivity index (χ2n) is 3.73. The highest BCUT2D eigenvalue weighted by molar-refractivity contribution is 7.98. The highest BCUT2D eigenvalue weighted by atomic mass is 32.2. The molecule has 0 aliphatic rings. The smallest absolute Gasteiger partial charge is 0.264 e. The summed E-state index contributed by atoms with van der Waals surface area (Å²) in [7, 11) is -2.20. The maximum Gasteiger partial charge on any atom is 0.264 e. The van der Waals surface area contributed by atoms with Gasteiger partial charge in [0.15, 0.2) is 5.75 Å². The van der Waals surface area contributed by atoms with Gasteiger partial charge in [-0.15, -0.1) is 11.8 Å². The molecule has 0 saturated carbocycles. The van der Waals surface area contributed by atoms with Gasteiger partial charge in [0, 0.05) is 4.90 Å². The highest BCUT2D eigenvalue weighted by Gasteiger charge is 2.15. The summed E-state index contributed by atoms with van der Waals surface area (Å²) >= 11 is 1.54. The van der Waals surface area contributed by atoms with Crippen LogP contribution in [0.15, 0.2) is 46.5 Å². The summed E-state index contributed by atoms with van der Waals surface area (Å²) in [4.78, 5) is 8.88. The van der Waals surface area contributed by atoms with E-state index in [9.17, 15) is 8.42 Å². The van der Waals surface area contributed by atoms with Crippen LogP contribution in [-0.2, 0) is 10.0 Å². The molecule has 2 aromatic rings. The molecule has 106 valence electrons. The van der Waals surface area contributed by atoms with Crippen LogP contribution in [0.25, 0.3) is 0 Å². The van der Waals surface area contributed by atoms with Crippen LogP contribution in [0, 0.1) is 0 Å². The molecule has 0 unspecified atom stereocenters. The van der Waals surface area contributed by atoms with Gasteiger partial charge in [0.25, 0.3) is 10.0 Å². The molecule has 0 bridgehead atoms. The first-order chi connectivity index (χ1) is 9.55. The lowest BCUT2D eigenvalue weighted by molar-refractivity contribution is 0.411. The van der Waals surface area contributed by atoms with Crippen molar-refractivity contribution in [2.45, 2.75) is 9.79 Å². The van der Waals surface area contributed by atoms with Crippen molar-refractivity contribution in [2.24, 2.45) is 0 Å². The van der Waals surface area contributed by atoms with Crippen molar-refractivity contribution in [2.75, 3.05) is 18.1 Å². The third-order valence-corrected chi connectivity index (χ3v) is 4.55. The number of rotatable bonds is 5. The van der Waals surface area contributed by atoms with Crippen molar-refractivity contribution in [3.63, 3.8) is 0 Å². The van der Waals surface area contributed by atoms with Gasteiger partial charge >= 0.3 is 0 Å². The van der Waals surface area contributed by atoms with Crippen molar-refractivity contribution >= 4 is 27.7 Å². The van der Waals surface area contributed by atoms with Gasteiger partial charge in [0.1, 0.15) is 0 Å². The molecule has 0 fully saturated rings. The number of benzene rings is 1. The molecule has 0 amide bonds. The molecule has 0 saturated heterocycles. The van der Waals surface area contributed by atoms with Crippen LogP contribution in [0.4, 0.5) is 5.95 Å². The van der Waals surface area contributed by atoms with Gasteiger partial charge in [-0.2, -0.15) is 0 Å². The molecule has 1 aromatic carbocycles. The topological polar surface area (TPSA) is 81.2 Å². The maximum atomic E-state index is 12.1. The Balaban J connectivity index is 2.20. The van der Waals surface area contributed by atoms with Crippen LogP contribution in [0.5, 0.6) is 5.75 Å². The third kappa shape index (κ3) is 3.40. The summed E-state index contributed by atoms with van der Waals surface area (Å²) in [5, 5.41) is 0. The van der Waals surface area contributed by atoms with E-state index in [2.05, 4.69) is 14.7 Å². The minimum absolute atomic E-state index is 0.000238. The molecule has 8 heteroatoms. The molecule has 2 rings (SSSR count). The number of hydrogen-bond donors (Lipinski definition) is 1. The summed E-state index contributed by atoms with van der Waals surface area (Å²) < 4.78 is 31.5. The first-order valence-electron chi connectivity index (χ1n) is 5.58. The fourth-order valence-electron chi connectivity index (χ4n) is 1.41. The van der Waals surface area contributed by atoms with E-state index < -0.39 is 10.0 Å². The number of nitrogens with one attached hydrogen (secondary N) is 1. The first kappa shape index (κ1) is 14.6. The lowest BCUT2D eigenvalue weighted by atomic mass is 10.4. The van der Waals surface area contributed by atoms with E-state index in [0.29, 0.717) is 5.75 Å². The third-order valence-electron chi connectivity index (χ3n) is 2.46. The number of anilines is 1. The lowest BCUT2D eigenvalue weighted by Gasteiger charge is -2.07. The Labute approximate surface area is 121 Å². The summed E-state index contributed by atoms with van der Waals surface area (Å²) in [6, 6.07) is 6.57. The van der Waals surface area contributed by atoms with E-state index in [1.807, 2.05) is 6.26 Å². The van der Waals surface area contributed by atoms with Crippen molar-refractivity contribution < 1.29 is 13.2 Å². The summed E-state index contributed by atoms with van der Waals surface area (Å²) in [5.74, 6) is 0.456. The van der Waals surface area contributed by atoms with Gasteiger partial charge in [0.05, 0.1) is 24.4 Å². The van der Waals surface area contributed by atoms with Crippen LogP contribution < -0.4 is 9.46 Å². The zero-order valence-corrected chi connectivity index (χ0v) is 12.5. The van der Waals surface area contributed by atoms with Gasteiger partial charge in [-0.3, -0.25) is 0 Å². The highest BCUT2D eigenvalue weighted by Crippen LogP contribution is 2.19.